The first-order valence-corrected chi connectivity index (χ1v) is 6.08. The van der Waals surface area contributed by atoms with Gasteiger partial charge in [-0.05, 0) is 43.9 Å². The molecule has 1 saturated heterocycles. The lowest BCUT2D eigenvalue weighted by Crippen LogP contribution is -2.34. The molecular formula is C14H21NO. The maximum absolute atomic E-state index is 5.55. The van der Waals surface area contributed by atoms with Gasteiger partial charge in [0.15, 0.2) is 0 Å². The summed E-state index contributed by atoms with van der Waals surface area (Å²) in [7, 11) is 0. The highest BCUT2D eigenvalue weighted by Gasteiger charge is 2.23. The van der Waals surface area contributed by atoms with Crippen molar-refractivity contribution in [2.24, 2.45) is 0 Å². The van der Waals surface area contributed by atoms with Crippen LogP contribution < -0.4 is 5.32 Å². The molecule has 1 N–H and O–H groups in total. The minimum absolute atomic E-state index is 0.351. The summed E-state index contributed by atoms with van der Waals surface area (Å²) in [5.74, 6) is 0. The highest BCUT2D eigenvalue weighted by molar-refractivity contribution is 5.33. The molecule has 1 aliphatic heterocycles. The van der Waals surface area contributed by atoms with Crippen LogP contribution in [0.15, 0.2) is 18.2 Å². The summed E-state index contributed by atoms with van der Waals surface area (Å²) < 4.78 is 5.55. The fraction of sp³-hybridized carbons (Fsp3) is 0.571. The topological polar surface area (TPSA) is 21.3 Å². The van der Waals surface area contributed by atoms with E-state index in [4.69, 9.17) is 4.74 Å². The Morgan fingerprint density at radius 3 is 2.56 bits per heavy atom. The Bertz CT molecular complexity index is 342. The average molecular weight is 219 g/mol. The monoisotopic (exact) mass is 219 g/mol. The van der Waals surface area contributed by atoms with Gasteiger partial charge in [-0.3, -0.25) is 0 Å². The van der Waals surface area contributed by atoms with Gasteiger partial charge in [0.25, 0.3) is 0 Å². The molecule has 0 radical (unpaired) electrons. The second-order valence-electron chi connectivity index (χ2n) is 4.72. The number of hydrogen-bond donors (Lipinski definition) is 1. The third kappa shape index (κ3) is 2.45. The molecule has 1 aliphatic rings. The van der Waals surface area contributed by atoms with Gasteiger partial charge in [0.2, 0.25) is 0 Å². The van der Waals surface area contributed by atoms with Gasteiger partial charge in [-0.1, -0.05) is 18.2 Å². The van der Waals surface area contributed by atoms with Crippen LogP contribution in [0, 0.1) is 13.8 Å². The normalized spacial score (nSPS) is 24.9. The predicted octanol–water partition coefficient (Wildman–Crippen LogP) is 2.57. The minimum atomic E-state index is 0.351. The Hall–Kier alpha value is -0.860. The molecule has 0 bridgehead atoms. The Balaban J connectivity index is 1.99. The van der Waals surface area contributed by atoms with Gasteiger partial charge in [-0.15, -0.1) is 0 Å². The van der Waals surface area contributed by atoms with E-state index in [0.29, 0.717) is 12.1 Å². The molecule has 2 nitrogen and oxygen atoms in total. The second-order valence-corrected chi connectivity index (χ2v) is 4.72. The first-order valence-electron chi connectivity index (χ1n) is 6.08. The summed E-state index contributed by atoms with van der Waals surface area (Å²) in [6, 6.07) is 6.99. The first-order chi connectivity index (χ1) is 7.68. The van der Waals surface area contributed by atoms with Gasteiger partial charge in [0.1, 0.15) is 0 Å². The van der Waals surface area contributed by atoms with Crippen molar-refractivity contribution >= 4 is 0 Å². The third-order valence-corrected chi connectivity index (χ3v) is 3.56. The van der Waals surface area contributed by atoms with Gasteiger partial charge in [-0.2, -0.15) is 0 Å². The van der Waals surface area contributed by atoms with Crippen LogP contribution in [0.2, 0.25) is 0 Å². The van der Waals surface area contributed by atoms with E-state index in [1.165, 1.54) is 16.7 Å². The van der Waals surface area contributed by atoms with Gasteiger partial charge < -0.3 is 10.1 Å². The summed E-state index contributed by atoms with van der Waals surface area (Å²) in [6.45, 7) is 8.36. The van der Waals surface area contributed by atoms with Gasteiger partial charge in [-0.25, -0.2) is 0 Å². The fourth-order valence-electron chi connectivity index (χ4n) is 2.36. The van der Waals surface area contributed by atoms with Crippen LogP contribution in [0.5, 0.6) is 0 Å². The maximum atomic E-state index is 5.55. The van der Waals surface area contributed by atoms with E-state index < -0.39 is 0 Å². The molecule has 1 heterocycles. The number of rotatable bonds is 3. The van der Waals surface area contributed by atoms with Crippen LogP contribution in [0.4, 0.5) is 0 Å². The van der Waals surface area contributed by atoms with Gasteiger partial charge in [0, 0.05) is 19.2 Å². The third-order valence-electron chi connectivity index (χ3n) is 3.56. The van der Waals surface area contributed by atoms with E-state index in [9.17, 15) is 0 Å². The van der Waals surface area contributed by atoms with E-state index >= 15 is 0 Å². The van der Waals surface area contributed by atoms with Crippen LogP contribution in [0.25, 0.3) is 0 Å². The molecule has 2 atom stereocenters. The van der Waals surface area contributed by atoms with Crippen molar-refractivity contribution in [1.29, 1.82) is 0 Å². The van der Waals surface area contributed by atoms with Crippen molar-refractivity contribution in [2.75, 3.05) is 6.61 Å². The molecule has 0 spiro atoms. The van der Waals surface area contributed by atoms with Crippen molar-refractivity contribution in [3.05, 3.63) is 34.9 Å². The quantitative estimate of drug-likeness (QED) is 0.843. The summed E-state index contributed by atoms with van der Waals surface area (Å²) in [5.41, 5.74) is 4.18. The Labute approximate surface area is 98.0 Å². The highest BCUT2D eigenvalue weighted by atomic mass is 16.5. The molecule has 1 aromatic rings. The van der Waals surface area contributed by atoms with Crippen LogP contribution in [-0.4, -0.2) is 18.8 Å². The molecule has 0 saturated carbocycles. The van der Waals surface area contributed by atoms with Crippen molar-refractivity contribution in [2.45, 2.75) is 45.9 Å². The van der Waals surface area contributed by atoms with Crippen LogP contribution in [-0.2, 0) is 11.3 Å². The summed E-state index contributed by atoms with van der Waals surface area (Å²) in [4.78, 5) is 0. The van der Waals surface area contributed by atoms with Crippen molar-refractivity contribution in [1.82, 2.24) is 5.32 Å². The van der Waals surface area contributed by atoms with Crippen molar-refractivity contribution < 1.29 is 4.74 Å². The molecule has 2 rings (SSSR count). The number of nitrogens with one attached hydrogen (secondary N) is 1. The summed E-state index contributed by atoms with van der Waals surface area (Å²) in [6.07, 6.45) is 1.48. The molecule has 0 aromatic heterocycles. The van der Waals surface area contributed by atoms with Crippen molar-refractivity contribution in [3.8, 4) is 0 Å². The minimum Gasteiger partial charge on any atom is -0.377 e. The molecule has 1 aromatic carbocycles. The summed E-state index contributed by atoms with van der Waals surface area (Å²) in [5, 5.41) is 3.60. The van der Waals surface area contributed by atoms with E-state index in [-0.39, 0.29) is 0 Å². The van der Waals surface area contributed by atoms with Crippen LogP contribution in [0.3, 0.4) is 0 Å². The molecule has 2 heteroatoms. The molecule has 0 amide bonds. The standard InChI is InChI=1S/C14H21NO/c1-10-5-4-6-11(2)13(10)9-15-14-7-8-16-12(14)3/h4-6,12,14-15H,7-9H2,1-3H3. The van der Waals surface area contributed by atoms with Gasteiger partial charge >= 0.3 is 0 Å². The first kappa shape index (κ1) is 11.6. The fourth-order valence-corrected chi connectivity index (χ4v) is 2.36. The molecule has 0 aliphatic carbocycles. The molecule has 2 unspecified atom stereocenters. The molecule has 16 heavy (non-hydrogen) atoms. The summed E-state index contributed by atoms with van der Waals surface area (Å²) >= 11 is 0. The lowest BCUT2D eigenvalue weighted by Gasteiger charge is -2.18. The predicted molar refractivity (Wildman–Crippen MR) is 66.6 cm³/mol. The van der Waals surface area contributed by atoms with Crippen molar-refractivity contribution in [3.63, 3.8) is 0 Å². The number of benzene rings is 1. The zero-order valence-corrected chi connectivity index (χ0v) is 10.4. The average Bonchev–Trinajstić information content (AvgIpc) is 2.64. The zero-order chi connectivity index (χ0) is 11.5. The molecule has 1 fully saturated rings. The Kier molecular flexibility index (Phi) is 3.62. The lowest BCUT2D eigenvalue weighted by molar-refractivity contribution is 0.113. The largest absolute Gasteiger partial charge is 0.377 e. The number of aryl methyl sites for hydroxylation is 2. The molecular weight excluding hydrogens is 198 g/mol. The van der Waals surface area contributed by atoms with E-state index in [0.717, 1.165) is 19.6 Å². The Morgan fingerprint density at radius 2 is 2.00 bits per heavy atom. The maximum Gasteiger partial charge on any atom is 0.0700 e. The SMILES string of the molecule is Cc1cccc(C)c1CNC1CCOC1C. The van der Waals surface area contributed by atoms with E-state index in [2.05, 4.69) is 44.3 Å². The lowest BCUT2D eigenvalue weighted by atomic mass is 10.0. The number of ether oxygens (including phenoxy) is 1. The number of hydrogen-bond acceptors (Lipinski definition) is 2. The smallest absolute Gasteiger partial charge is 0.0700 e. The van der Waals surface area contributed by atoms with Crippen LogP contribution >= 0.6 is 0 Å². The Morgan fingerprint density at radius 1 is 1.31 bits per heavy atom. The second kappa shape index (κ2) is 4.98. The van der Waals surface area contributed by atoms with Gasteiger partial charge in [0.05, 0.1) is 6.10 Å². The zero-order valence-electron chi connectivity index (χ0n) is 10.4. The van der Waals surface area contributed by atoms with E-state index in [1.807, 2.05) is 0 Å². The van der Waals surface area contributed by atoms with Crippen LogP contribution in [0.1, 0.15) is 30.0 Å². The molecule has 88 valence electrons. The highest BCUT2D eigenvalue weighted by Crippen LogP contribution is 2.16. The van der Waals surface area contributed by atoms with E-state index in [1.54, 1.807) is 0 Å².